The van der Waals surface area contributed by atoms with Crippen molar-refractivity contribution in [2.75, 3.05) is 20.2 Å². The normalized spacial score (nSPS) is 16.6. The van der Waals surface area contributed by atoms with Crippen LogP contribution in [0.15, 0.2) is 12.1 Å². The Morgan fingerprint density at radius 1 is 1.28 bits per heavy atom. The molecule has 3 nitrogen and oxygen atoms in total. The van der Waals surface area contributed by atoms with Gasteiger partial charge in [0.2, 0.25) is 0 Å². The maximum absolute atomic E-state index is 12.6. The molecule has 0 amide bonds. The van der Waals surface area contributed by atoms with E-state index in [-0.39, 0.29) is 11.7 Å². The minimum absolute atomic E-state index is 0.140. The van der Waals surface area contributed by atoms with Crippen LogP contribution in [-0.4, -0.2) is 26.0 Å². The van der Waals surface area contributed by atoms with E-state index in [4.69, 9.17) is 4.74 Å². The number of ketones is 1. The molecule has 0 aromatic heterocycles. The summed E-state index contributed by atoms with van der Waals surface area (Å²) in [5.74, 6) is 1.10. The maximum Gasteiger partial charge on any atom is 0.170 e. The van der Waals surface area contributed by atoms with Crippen LogP contribution < -0.4 is 10.1 Å². The Morgan fingerprint density at radius 3 is 2.56 bits per heavy atom. The van der Waals surface area contributed by atoms with Gasteiger partial charge in [-0.1, -0.05) is 6.07 Å². The first kappa shape index (κ1) is 13.1. The molecule has 1 saturated heterocycles. The van der Waals surface area contributed by atoms with E-state index in [9.17, 15) is 4.79 Å². The standard InChI is InChI=1S/C15H21NO2/c1-10-8-11(2)14(13(9-10)18-3)15(17)12-4-6-16-7-5-12/h8-9,12,16H,4-7H2,1-3H3. The van der Waals surface area contributed by atoms with Crippen LogP contribution in [-0.2, 0) is 0 Å². The molecule has 0 aliphatic carbocycles. The van der Waals surface area contributed by atoms with Crippen molar-refractivity contribution >= 4 is 5.78 Å². The molecule has 1 heterocycles. The zero-order valence-corrected chi connectivity index (χ0v) is 11.4. The second-order valence-corrected chi connectivity index (χ2v) is 5.05. The van der Waals surface area contributed by atoms with E-state index in [1.54, 1.807) is 7.11 Å². The Hall–Kier alpha value is -1.35. The minimum Gasteiger partial charge on any atom is -0.496 e. The molecular formula is C15H21NO2. The summed E-state index contributed by atoms with van der Waals surface area (Å²) in [7, 11) is 1.63. The number of rotatable bonds is 3. The smallest absolute Gasteiger partial charge is 0.170 e. The fourth-order valence-corrected chi connectivity index (χ4v) is 2.69. The van der Waals surface area contributed by atoms with Gasteiger partial charge in [-0.2, -0.15) is 0 Å². The minimum atomic E-state index is 0.140. The van der Waals surface area contributed by atoms with E-state index in [0.29, 0.717) is 0 Å². The summed E-state index contributed by atoms with van der Waals surface area (Å²) < 4.78 is 5.38. The molecule has 18 heavy (non-hydrogen) atoms. The number of carbonyl (C=O) groups excluding carboxylic acids is 1. The van der Waals surface area contributed by atoms with Gasteiger partial charge in [0, 0.05) is 5.92 Å². The molecule has 0 bridgehead atoms. The van der Waals surface area contributed by atoms with Crippen molar-refractivity contribution in [3.05, 3.63) is 28.8 Å². The summed E-state index contributed by atoms with van der Waals surface area (Å²) in [4.78, 5) is 12.6. The second-order valence-electron chi connectivity index (χ2n) is 5.05. The second kappa shape index (κ2) is 5.53. The highest BCUT2D eigenvalue weighted by molar-refractivity contribution is 6.01. The van der Waals surface area contributed by atoms with Gasteiger partial charge in [0.05, 0.1) is 12.7 Å². The van der Waals surface area contributed by atoms with Gasteiger partial charge in [-0.25, -0.2) is 0 Å². The molecule has 0 radical (unpaired) electrons. The number of carbonyl (C=O) groups is 1. The molecule has 0 atom stereocenters. The quantitative estimate of drug-likeness (QED) is 0.834. The molecule has 0 unspecified atom stereocenters. The van der Waals surface area contributed by atoms with Gasteiger partial charge in [-0.15, -0.1) is 0 Å². The van der Waals surface area contributed by atoms with Gasteiger partial charge in [0.1, 0.15) is 5.75 Å². The average molecular weight is 247 g/mol. The lowest BCUT2D eigenvalue weighted by molar-refractivity contribution is 0.0891. The zero-order valence-electron chi connectivity index (χ0n) is 11.4. The van der Waals surface area contributed by atoms with Crippen molar-refractivity contribution in [2.45, 2.75) is 26.7 Å². The molecule has 2 rings (SSSR count). The van der Waals surface area contributed by atoms with Gasteiger partial charge < -0.3 is 10.1 Å². The van der Waals surface area contributed by atoms with Gasteiger partial charge in [0.15, 0.2) is 5.78 Å². The third kappa shape index (κ3) is 2.56. The third-order valence-electron chi connectivity index (χ3n) is 3.62. The lowest BCUT2D eigenvalue weighted by Crippen LogP contribution is -2.32. The summed E-state index contributed by atoms with van der Waals surface area (Å²) in [6.07, 6.45) is 1.85. The summed E-state index contributed by atoms with van der Waals surface area (Å²) in [6, 6.07) is 4.00. The average Bonchev–Trinajstić information content (AvgIpc) is 2.38. The predicted molar refractivity (Wildman–Crippen MR) is 72.4 cm³/mol. The first-order chi connectivity index (χ1) is 8.63. The van der Waals surface area contributed by atoms with Crippen molar-refractivity contribution in [1.82, 2.24) is 5.32 Å². The number of benzene rings is 1. The highest BCUT2D eigenvalue weighted by Crippen LogP contribution is 2.29. The van der Waals surface area contributed by atoms with Crippen molar-refractivity contribution < 1.29 is 9.53 Å². The first-order valence-electron chi connectivity index (χ1n) is 6.53. The van der Waals surface area contributed by atoms with Crippen molar-refractivity contribution in [3.63, 3.8) is 0 Å². The lowest BCUT2D eigenvalue weighted by atomic mass is 9.87. The zero-order chi connectivity index (χ0) is 13.1. The lowest BCUT2D eigenvalue weighted by Gasteiger charge is -2.23. The fourth-order valence-electron chi connectivity index (χ4n) is 2.69. The topological polar surface area (TPSA) is 38.3 Å². The van der Waals surface area contributed by atoms with Crippen LogP contribution in [0.25, 0.3) is 0 Å². The number of piperidine rings is 1. The summed E-state index contributed by atoms with van der Waals surface area (Å²) in [5.41, 5.74) is 2.93. The predicted octanol–water partition coefficient (Wildman–Crippen LogP) is 2.49. The van der Waals surface area contributed by atoms with Crippen molar-refractivity contribution in [2.24, 2.45) is 5.92 Å². The Labute approximate surface area is 109 Å². The molecule has 3 heteroatoms. The highest BCUT2D eigenvalue weighted by atomic mass is 16.5. The Kier molecular flexibility index (Phi) is 4.02. The van der Waals surface area contributed by atoms with Crippen molar-refractivity contribution in [3.8, 4) is 5.75 Å². The van der Waals surface area contributed by atoms with Gasteiger partial charge in [-0.05, 0) is 57.0 Å². The largest absolute Gasteiger partial charge is 0.496 e. The summed E-state index contributed by atoms with van der Waals surface area (Å²) in [5, 5.41) is 3.29. The summed E-state index contributed by atoms with van der Waals surface area (Å²) in [6.45, 7) is 5.88. The van der Waals surface area contributed by atoms with Crippen LogP contribution >= 0.6 is 0 Å². The first-order valence-corrected chi connectivity index (χ1v) is 6.53. The van der Waals surface area contributed by atoms with E-state index in [1.165, 1.54) is 0 Å². The number of Topliss-reactive ketones (excluding diaryl/α,β-unsaturated/α-hetero) is 1. The molecule has 1 aliphatic heterocycles. The molecule has 1 N–H and O–H groups in total. The van der Waals surface area contributed by atoms with E-state index in [2.05, 4.69) is 11.4 Å². The maximum atomic E-state index is 12.6. The Morgan fingerprint density at radius 2 is 1.94 bits per heavy atom. The third-order valence-corrected chi connectivity index (χ3v) is 3.62. The molecule has 0 saturated carbocycles. The van der Waals surface area contributed by atoms with Crippen LogP contribution in [0.1, 0.15) is 34.3 Å². The van der Waals surface area contributed by atoms with E-state index in [1.807, 2.05) is 19.9 Å². The fraction of sp³-hybridized carbons (Fsp3) is 0.533. The molecule has 1 aromatic carbocycles. The summed E-state index contributed by atoms with van der Waals surface area (Å²) >= 11 is 0. The molecule has 1 aromatic rings. The number of nitrogens with one attached hydrogen (secondary N) is 1. The van der Waals surface area contributed by atoms with Crippen LogP contribution in [0.4, 0.5) is 0 Å². The molecule has 1 fully saturated rings. The van der Waals surface area contributed by atoms with Crippen molar-refractivity contribution in [1.29, 1.82) is 0 Å². The molecule has 1 aliphatic rings. The van der Waals surface area contributed by atoms with Crippen LogP contribution in [0.3, 0.4) is 0 Å². The monoisotopic (exact) mass is 247 g/mol. The van der Waals surface area contributed by atoms with Crippen LogP contribution in [0.2, 0.25) is 0 Å². The van der Waals surface area contributed by atoms with Crippen LogP contribution in [0, 0.1) is 19.8 Å². The van der Waals surface area contributed by atoms with E-state index >= 15 is 0 Å². The SMILES string of the molecule is COc1cc(C)cc(C)c1C(=O)C1CCNCC1. The number of methoxy groups -OCH3 is 1. The van der Waals surface area contributed by atoms with Crippen LogP contribution in [0.5, 0.6) is 5.75 Å². The number of hydrogen-bond acceptors (Lipinski definition) is 3. The number of ether oxygens (including phenoxy) is 1. The Bertz CT molecular complexity index is 448. The van der Waals surface area contributed by atoms with E-state index < -0.39 is 0 Å². The van der Waals surface area contributed by atoms with Gasteiger partial charge >= 0.3 is 0 Å². The highest BCUT2D eigenvalue weighted by Gasteiger charge is 2.26. The van der Waals surface area contributed by atoms with E-state index in [0.717, 1.165) is 48.4 Å². The number of aryl methyl sites for hydroxylation is 2. The van der Waals surface area contributed by atoms with Gasteiger partial charge in [-0.3, -0.25) is 4.79 Å². The molecular weight excluding hydrogens is 226 g/mol. The molecule has 0 spiro atoms. The number of hydrogen-bond donors (Lipinski definition) is 1. The Balaban J connectivity index is 2.34. The molecule has 98 valence electrons. The van der Waals surface area contributed by atoms with Gasteiger partial charge in [0.25, 0.3) is 0 Å².